The summed E-state index contributed by atoms with van der Waals surface area (Å²) in [5.74, 6) is 1.41. The molecule has 0 saturated carbocycles. The minimum absolute atomic E-state index is 0.0826. The Labute approximate surface area is 168 Å². The number of aromatic nitrogens is 6. The highest BCUT2D eigenvalue weighted by Gasteiger charge is 2.12. The molecule has 1 N–H and O–H groups in total. The molecule has 0 spiro atoms. The van der Waals surface area contributed by atoms with Crippen LogP contribution in [-0.4, -0.2) is 41.2 Å². The first-order valence-electron chi connectivity index (χ1n) is 9.35. The molecule has 0 bridgehead atoms. The van der Waals surface area contributed by atoms with Crippen molar-refractivity contribution in [1.82, 2.24) is 34.8 Å². The van der Waals surface area contributed by atoms with Crippen LogP contribution in [0.4, 0.5) is 0 Å². The number of carbonyl (C=O) groups excluding carboxylic acids is 1. The van der Waals surface area contributed by atoms with Crippen molar-refractivity contribution in [2.75, 3.05) is 5.75 Å². The van der Waals surface area contributed by atoms with Crippen LogP contribution in [0.1, 0.15) is 44.5 Å². The van der Waals surface area contributed by atoms with Crippen LogP contribution in [0.2, 0.25) is 0 Å². The third kappa shape index (κ3) is 4.98. The maximum Gasteiger partial charge on any atom is 0.230 e. The minimum Gasteiger partial charge on any atom is -0.348 e. The van der Waals surface area contributed by atoms with E-state index in [0.717, 1.165) is 24.5 Å². The average Bonchev–Trinajstić information content (AvgIpc) is 3.34. The van der Waals surface area contributed by atoms with Crippen LogP contribution < -0.4 is 5.32 Å². The Morgan fingerprint density at radius 3 is 2.75 bits per heavy atom. The first-order chi connectivity index (χ1) is 13.6. The molecule has 3 rings (SSSR count). The van der Waals surface area contributed by atoms with E-state index in [1.165, 1.54) is 23.7 Å². The Hall–Kier alpha value is -2.68. The van der Waals surface area contributed by atoms with E-state index < -0.39 is 0 Å². The molecule has 9 heteroatoms. The molecule has 2 heterocycles. The molecular weight excluding hydrogens is 374 g/mol. The molecule has 0 unspecified atom stereocenters. The zero-order valence-electron chi connectivity index (χ0n) is 16.4. The molecule has 1 amide bonds. The van der Waals surface area contributed by atoms with Gasteiger partial charge in [0.15, 0.2) is 5.16 Å². The van der Waals surface area contributed by atoms with Crippen LogP contribution in [0, 0.1) is 0 Å². The average molecular weight is 400 g/mol. The van der Waals surface area contributed by atoms with Gasteiger partial charge in [0, 0.05) is 12.2 Å². The van der Waals surface area contributed by atoms with Crippen molar-refractivity contribution in [3.8, 4) is 5.69 Å². The van der Waals surface area contributed by atoms with E-state index in [2.05, 4.69) is 58.5 Å². The Morgan fingerprint density at radius 1 is 1.25 bits per heavy atom. The number of nitrogens with one attached hydrogen (secondary N) is 1. The summed E-state index contributed by atoms with van der Waals surface area (Å²) in [6, 6.07) is 8.30. The summed E-state index contributed by atoms with van der Waals surface area (Å²) in [7, 11) is 0. The van der Waals surface area contributed by atoms with Crippen molar-refractivity contribution in [2.24, 2.45) is 0 Å². The van der Waals surface area contributed by atoms with E-state index in [4.69, 9.17) is 0 Å². The van der Waals surface area contributed by atoms with E-state index in [9.17, 15) is 4.79 Å². The van der Waals surface area contributed by atoms with E-state index in [1.54, 1.807) is 6.33 Å². The van der Waals surface area contributed by atoms with E-state index in [1.807, 2.05) is 21.4 Å². The summed E-state index contributed by atoms with van der Waals surface area (Å²) in [5, 5.41) is 15.9. The lowest BCUT2D eigenvalue weighted by molar-refractivity contribution is -0.118. The number of amides is 1. The molecule has 28 heavy (non-hydrogen) atoms. The van der Waals surface area contributed by atoms with Gasteiger partial charge in [0.2, 0.25) is 5.91 Å². The second kappa shape index (κ2) is 9.50. The van der Waals surface area contributed by atoms with Crippen molar-refractivity contribution in [2.45, 2.75) is 51.4 Å². The fourth-order valence-electron chi connectivity index (χ4n) is 2.70. The maximum atomic E-state index is 12.2. The second-order valence-corrected chi connectivity index (χ2v) is 7.64. The van der Waals surface area contributed by atoms with Gasteiger partial charge < -0.3 is 5.32 Å². The highest BCUT2D eigenvalue weighted by molar-refractivity contribution is 7.99. The van der Waals surface area contributed by atoms with Gasteiger partial charge in [-0.25, -0.2) is 9.67 Å². The smallest absolute Gasteiger partial charge is 0.230 e. The third-order valence-corrected chi connectivity index (χ3v) is 5.20. The molecule has 0 aliphatic carbocycles. The number of thioether (sulfide) groups is 1. The molecule has 2 aromatic heterocycles. The van der Waals surface area contributed by atoms with Gasteiger partial charge in [-0.3, -0.25) is 9.36 Å². The summed E-state index contributed by atoms with van der Waals surface area (Å²) in [5.41, 5.74) is 2.26. The fraction of sp³-hybridized carbons (Fsp3) is 0.421. The van der Waals surface area contributed by atoms with Crippen molar-refractivity contribution >= 4 is 17.7 Å². The van der Waals surface area contributed by atoms with Crippen molar-refractivity contribution in [3.63, 3.8) is 0 Å². The molecule has 1 aromatic carbocycles. The van der Waals surface area contributed by atoms with E-state index >= 15 is 0 Å². The summed E-state index contributed by atoms with van der Waals surface area (Å²) < 4.78 is 3.70. The first kappa shape index (κ1) is 20.1. The van der Waals surface area contributed by atoms with Gasteiger partial charge >= 0.3 is 0 Å². The standard InChI is InChI=1S/C19H25N7OS/c1-4-9-26-17(21-12-23-26)10-20-18(27)11-28-19-24-22-13-25(19)16-7-5-15(6-8-16)14(2)3/h5-8,12-14H,4,9-11H2,1-3H3,(H,20,27). The Kier molecular flexibility index (Phi) is 6.80. The van der Waals surface area contributed by atoms with Crippen LogP contribution in [0.3, 0.4) is 0 Å². The molecule has 0 radical (unpaired) electrons. The predicted molar refractivity (Wildman–Crippen MR) is 108 cm³/mol. The van der Waals surface area contributed by atoms with Crippen molar-refractivity contribution < 1.29 is 4.79 Å². The number of hydrogen-bond acceptors (Lipinski definition) is 6. The van der Waals surface area contributed by atoms with Gasteiger partial charge in [-0.2, -0.15) is 5.10 Å². The lowest BCUT2D eigenvalue weighted by Gasteiger charge is -2.09. The van der Waals surface area contributed by atoms with Crippen molar-refractivity contribution in [3.05, 3.63) is 48.3 Å². The number of hydrogen-bond donors (Lipinski definition) is 1. The van der Waals surface area contributed by atoms with Crippen LogP contribution >= 0.6 is 11.8 Å². The topological polar surface area (TPSA) is 90.5 Å². The number of aryl methyl sites for hydroxylation is 1. The summed E-state index contributed by atoms with van der Waals surface area (Å²) in [6.45, 7) is 7.56. The summed E-state index contributed by atoms with van der Waals surface area (Å²) >= 11 is 1.35. The molecule has 0 atom stereocenters. The minimum atomic E-state index is -0.0826. The van der Waals surface area contributed by atoms with Gasteiger partial charge in [0.1, 0.15) is 18.5 Å². The summed E-state index contributed by atoms with van der Waals surface area (Å²) in [4.78, 5) is 16.4. The van der Waals surface area contributed by atoms with Crippen LogP contribution in [0.25, 0.3) is 5.69 Å². The number of carbonyl (C=O) groups is 1. The van der Waals surface area contributed by atoms with Gasteiger partial charge in [-0.15, -0.1) is 10.2 Å². The highest BCUT2D eigenvalue weighted by Crippen LogP contribution is 2.21. The van der Waals surface area contributed by atoms with E-state index in [0.29, 0.717) is 17.6 Å². The van der Waals surface area contributed by atoms with Gasteiger partial charge in [0.25, 0.3) is 0 Å². The predicted octanol–water partition coefficient (Wildman–Crippen LogP) is 2.80. The normalized spacial score (nSPS) is 11.1. The molecule has 0 fully saturated rings. The molecule has 0 aliphatic rings. The lowest BCUT2D eigenvalue weighted by Crippen LogP contribution is -2.26. The highest BCUT2D eigenvalue weighted by atomic mass is 32.2. The molecule has 3 aromatic rings. The van der Waals surface area contributed by atoms with Crippen molar-refractivity contribution in [1.29, 1.82) is 0 Å². The summed E-state index contributed by atoms with van der Waals surface area (Å²) in [6.07, 6.45) is 4.14. The molecule has 0 saturated heterocycles. The van der Waals surface area contributed by atoms with Crippen LogP contribution in [-0.2, 0) is 17.9 Å². The van der Waals surface area contributed by atoms with Crippen LogP contribution in [0.15, 0.2) is 42.1 Å². The molecule has 8 nitrogen and oxygen atoms in total. The Bertz CT molecular complexity index is 901. The molecular formula is C19H25N7OS. The van der Waals surface area contributed by atoms with Gasteiger partial charge in [0.05, 0.1) is 12.3 Å². The molecule has 0 aliphatic heterocycles. The number of nitrogens with zero attached hydrogens (tertiary/aromatic N) is 6. The van der Waals surface area contributed by atoms with Crippen LogP contribution in [0.5, 0.6) is 0 Å². The van der Waals surface area contributed by atoms with Gasteiger partial charge in [-0.05, 0) is 30.0 Å². The van der Waals surface area contributed by atoms with Gasteiger partial charge in [-0.1, -0.05) is 44.7 Å². The largest absolute Gasteiger partial charge is 0.348 e. The maximum absolute atomic E-state index is 12.2. The Morgan fingerprint density at radius 2 is 2.04 bits per heavy atom. The zero-order chi connectivity index (χ0) is 19.9. The quantitative estimate of drug-likeness (QED) is 0.557. The Balaban J connectivity index is 1.56. The zero-order valence-corrected chi connectivity index (χ0v) is 17.2. The third-order valence-electron chi connectivity index (χ3n) is 4.26. The molecule has 148 valence electrons. The first-order valence-corrected chi connectivity index (χ1v) is 10.3. The van der Waals surface area contributed by atoms with E-state index in [-0.39, 0.29) is 11.7 Å². The second-order valence-electron chi connectivity index (χ2n) is 6.69. The lowest BCUT2D eigenvalue weighted by atomic mass is 10.0. The fourth-order valence-corrected chi connectivity index (χ4v) is 3.46. The monoisotopic (exact) mass is 399 g/mol. The SMILES string of the molecule is CCCn1ncnc1CNC(=O)CSc1nncn1-c1ccc(C(C)C)cc1. The number of benzene rings is 1. The number of rotatable bonds is 9.